The Labute approximate surface area is 211 Å². The van der Waals surface area contributed by atoms with Gasteiger partial charge in [0, 0.05) is 36.3 Å². The largest absolute Gasteiger partial charge is 0.772 e. The lowest BCUT2D eigenvalue weighted by molar-refractivity contribution is -0.137. The number of nitrogens with one attached hydrogen (secondary N) is 1. The molecule has 6 nitrogen and oxygen atoms in total. The number of carbonyl (C=O) groups is 1. The van der Waals surface area contributed by atoms with Gasteiger partial charge in [-0.15, -0.1) is 0 Å². The molecule has 0 aliphatic carbocycles. The van der Waals surface area contributed by atoms with Crippen LogP contribution in [0.15, 0.2) is 54.7 Å². The third-order valence-electron chi connectivity index (χ3n) is 6.11. The van der Waals surface area contributed by atoms with E-state index in [0.29, 0.717) is 35.6 Å². The summed E-state index contributed by atoms with van der Waals surface area (Å²) in [5.74, 6) is -0.593. The Bertz CT molecular complexity index is 1220. The molecule has 0 aliphatic heterocycles. The normalized spacial score (nSPS) is 12.7. The lowest BCUT2D eigenvalue weighted by Crippen LogP contribution is -2.27. The van der Waals surface area contributed by atoms with Gasteiger partial charge >= 0.3 is 6.18 Å². The van der Waals surface area contributed by atoms with Crippen LogP contribution in [0.25, 0.3) is 11.3 Å². The Morgan fingerprint density at radius 3 is 2.31 bits per heavy atom. The molecule has 1 unspecified atom stereocenters. The summed E-state index contributed by atoms with van der Waals surface area (Å²) in [4.78, 5) is 15.3. The van der Waals surface area contributed by atoms with Gasteiger partial charge in [0.15, 0.2) is 0 Å². The fourth-order valence-electron chi connectivity index (χ4n) is 4.17. The van der Waals surface area contributed by atoms with Crippen molar-refractivity contribution in [2.45, 2.75) is 39.2 Å². The second kappa shape index (κ2) is 11.9. The number of alkyl halides is 3. The van der Waals surface area contributed by atoms with Crippen molar-refractivity contribution >= 4 is 22.7 Å². The van der Waals surface area contributed by atoms with Crippen molar-refractivity contribution in [2.24, 2.45) is 0 Å². The van der Waals surface area contributed by atoms with E-state index in [-0.39, 0.29) is 16.9 Å². The van der Waals surface area contributed by atoms with Gasteiger partial charge in [-0.1, -0.05) is 55.3 Å². The first-order valence-electron chi connectivity index (χ1n) is 11.6. The third kappa shape index (κ3) is 6.63. The molecule has 1 heterocycles. The quantitative estimate of drug-likeness (QED) is 0.361. The van der Waals surface area contributed by atoms with Crippen LogP contribution < -0.4 is 5.32 Å². The average molecular weight is 521 g/mol. The molecule has 0 radical (unpaired) electrons. The first-order valence-corrected chi connectivity index (χ1v) is 12.8. The van der Waals surface area contributed by atoms with Gasteiger partial charge in [0.25, 0.3) is 5.91 Å². The minimum absolute atomic E-state index is 0.0241. The van der Waals surface area contributed by atoms with Crippen molar-refractivity contribution in [3.8, 4) is 11.3 Å². The molecule has 0 fully saturated rings. The molecule has 0 saturated heterocycles. The Balaban J connectivity index is 2.00. The summed E-state index contributed by atoms with van der Waals surface area (Å²) in [5.41, 5.74) is 1.37. The van der Waals surface area contributed by atoms with Crippen LogP contribution in [0.1, 0.15) is 40.9 Å². The molecule has 0 aliphatic rings. The van der Waals surface area contributed by atoms with E-state index in [1.165, 1.54) is 12.1 Å². The van der Waals surface area contributed by atoms with Crippen LogP contribution in [0, 0.1) is 6.92 Å². The van der Waals surface area contributed by atoms with Gasteiger partial charge in [-0.2, -0.15) is 13.2 Å². The molecule has 194 valence electrons. The van der Waals surface area contributed by atoms with Crippen molar-refractivity contribution in [2.75, 3.05) is 25.0 Å². The van der Waals surface area contributed by atoms with E-state index in [2.05, 4.69) is 10.2 Å². The van der Waals surface area contributed by atoms with E-state index in [4.69, 9.17) is 0 Å². The monoisotopic (exact) mass is 520 g/mol. The van der Waals surface area contributed by atoms with Crippen LogP contribution in [0.2, 0.25) is 0 Å². The molecular weight excluding hydrogens is 491 g/mol. The Morgan fingerprint density at radius 1 is 1.08 bits per heavy atom. The minimum atomic E-state index is -4.55. The van der Waals surface area contributed by atoms with Gasteiger partial charge in [-0.3, -0.25) is 9.00 Å². The zero-order chi connectivity index (χ0) is 26.5. The van der Waals surface area contributed by atoms with Gasteiger partial charge in [-0.25, -0.2) is 0 Å². The van der Waals surface area contributed by atoms with Crippen molar-refractivity contribution in [1.82, 2.24) is 9.47 Å². The number of hydrogen-bond donors (Lipinski definition) is 1. The van der Waals surface area contributed by atoms with Crippen LogP contribution in [0.3, 0.4) is 0 Å². The summed E-state index contributed by atoms with van der Waals surface area (Å²) in [6, 6.07) is 11.8. The van der Waals surface area contributed by atoms with Gasteiger partial charge in [-0.05, 0) is 49.3 Å². The molecule has 3 aromatic rings. The summed E-state index contributed by atoms with van der Waals surface area (Å²) in [6.07, 6.45) is -2.94. The fraction of sp³-hybridized carbons (Fsp3) is 0.346. The highest BCUT2D eigenvalue weighted by Crippen LogP contribution is 2.39. The van der Waals surface area contributed by atoms with Crippen molar-refractivity contribution in [3.63, 3.8) is 0 Å². The summed E-state index contributed by atoms with van der Waals surface area (Å²) < 4.78 is 65.0. The first kappa shape index (κ1) is 27.6. The molecule has 2 aromatic carbocycles. The summed E-state index contributed by atoms with van der Waals surface area (Å²) >= 11 is -2.22. The number of likely N-dealkylation sites (N-methyl/N-ethyl adjacent to an activating group) is 1. The van der Waals surface area contributed by atoms with Crippen LogP contribution in [-0.2, 0) is 29.6 Å². The van der Waals surface area contributed by atoms with E-state index in [1.54, 1.807) is 48.0 Å². The third-order valence-corrected chi connectivity index (χ3v) is 6.68. The SMILES string of the molecule is CCN(CC)CCn1cc(C(=O)Nc2ccc(CS(=O)[O-])cc2)c(C)c1-c1ccccc1C(F)(F)F. The lowest BCUT2D eigenvalue weighted by Gasteiger charge is -2.20. The second-order valence-corrected chi connectivity index (χ2v) is 9.28. The van der Waals surface area contributed by atoms with Crippen LogP contribution in [0.5, 0.6) is 0 Å². The number of hydrogen-bond acceptors (Lipinski definition) is 4. The number of amides is 1. The smallest absolute Gasteiger partial charge is 0.417 e. The maximum atomic E-state index is 13.8. The first-order chi connectivity index (χ1) is 17.0. The average Bonchev–Trinajstić information content (AvgIpc) is 3.16. The molecule has 0 bridgehead atoms. The minimum Gasteiger partial charge on any atom is -0.772 e. The van der Waals surface area contributed by atoms with Gasteiger partial charge in [0.2, 0.25) is 0 Å². The Kier molecular flexibility index (Phi) is 9.10. The van der Waals surface area contributed by atoms with Crippen LogP contribution >= 0.6 is 0 Å². The van der Waals surface area contributed by atoms with Crippen molar-refractivity contribution < 1.29 is 26.7 Å². The Morgan fingerprint density at radius 2 is 1.72 bits per heavy atom. The molecule has 1 aromatic heterocycles. The number of nitrogens with zero attached hydrogens (tertiary/aromatic N) is 2. The number of carbonyl (C=O) groups excluding carboxylic acids is 1. The molecular formula is C26H29F3N3O3S-. The number of rotatable bonds is 10. The molecule has 1 amide bonds. The zero-order valence-corrected chi connectivity index (χ0v) is 21.2. The summed E-state index contributed by atoms with van der Waals surface area (Å²) in [5, 5.41) is 2.76. The molecule has 10 heteroatoms. The summed E-state index contributed by atoms with van der Waals surface area (Å²) in [6.45, 7) is 8.32. The maximum Gasteiger partial charge on any atom is 0.417 e. The number of halogens is 3. The number of benzene rings is 2. The van der Waals surface area contributed by atoms with Gasteiger partial charge < -0.3 is 19.3 Å². The number of aromatic nitrogens is 1. The predicted octanol–water partition coefficient (Wildman–Crippen LogP) is 5.46. The maximum absolute atomic E-state index is 13.8. The van der Waals surface area contributed by atoms with Crippen molar-refractivity contribution in [1.29, 1.82) is 0 Å². The van der Waals surface area contributed by atoms with E-state index < -0.39 is 28.7 Å². The molecule has 3 rings (SSSR count). The molecule has 0 saturated carbocycles. The fourth-order valence-corrected chi connectivity index (χ4v) is 4.63. The zero-order valence-electron chi connectivity index (χ0n) is 20.4. The highest BCUT2D eigenvalue weighted by molar-refractivity contribution is 7.78. The standard InChI is InChI=1S/C26H30F3N3O3S/c1-4-31(5-2)14-15-32-16-22(25(33)30-20-12-10-19(11-13-20)17-36(34)35)18(3)24(32)21-8-6-7-9-23(21)26(27,28)29/h6-13,16H,4-5,14-15,17H2,1-3H3,(H,30,33)(H,34,35)/p-1. The van der Waals surface area contributed by atoms with Gasteiger partial charge in [0.05, 0.1) is 16.8 Å². The Hall–Kier alpha value is -2.95. The van der Waals surface area contributed by atoms with E-state index in [1.807, 2.05) is 13.8 Å². The van der Waals surface area contributed by atoms with Crippen LogP contribution in [-0.4, -0.2) is 43.8 Å². The predicted molar refractivity (Wildman–Crippen MR) is 134 cm³/mol. The molecule has 1 N–H and O–H groups in total. The topological polar surface area (TPSA) is 77.4 Å². The van der Waals surface area contributed by atoms with Crippen LogP contribution in [0.4, 0.5) is 18.9 Å². The van der Waals surface area contributed by atoms with E-state index in [9.17, 15) is 26.7 Å². The number of anilines is 1. The molecule has 0 spiro atoms. The van der Waals surface area contributed by atoms with E-state index in [0.717, 1.165) is 19.2 Å². The van der Waals surface area contributed by atoms with Crippen molar-refractivity contribution in [3.05, 3.63) is 77.0 Å². The van der Waals surface area contributed by atoms with Gasteiger partial charge in [0.1, 0.15) is 0 Å². The molecule has 36 heavy (non-hydrogen) atoms. The summed E-state index contributed by atoms with van der Waals surface area (Å²) in [7, 11) is 0. The molecule has 1 atom stereocenters. The van der Waals surface area contributed by atoms with E-state index >= 15 is 0 Å². The lowest BCUT2D eigenvalue weighted by atomic mass is 10.00. The highest BCUT2D eigenvalue weighted by atomic mass is 32.2. The highest BCUT2D eigenvalue weighted by Gasteiger charge is 2.35. The second-order valence-electron chi connectivity index (χ2n) is 8.38.